The van der Waals surface area contributed by atoms with E-state index in [-0.39, 0.29) is 17.0 Å². The summed E-state index contributed by atoms with van der Waals surface area (Å²) in [6.07, 6.45) is 0. The van der Waals surface area contributed by atoms with Crippen molar-refractivity contribution in [3.05, 3.63) is 100 Å². The van der Waals surface area contributed by atoms with E-state index in [1.807, 2.05) is 0 Å². The fourth-order valence-corrected chi connectivity index (χ4v) is 3.11. The Balaban J connectivity index is 1.78. The van der Waals surface area contributed by atoms with Crippen LogP contribution in [0.1, 0.15) is 32.0 Å². The lowest BCUT2D eigenvalue weighted by Gasteiger charge is -2.07. The molecular formula is C23H15ClFNO3. The number of furan rings is 1. The van der Waals surface area contributed by atoms with E-state index >= 15 is 0 Å². The molecule has 0 unspecified atom stereocenters. The molecule has 6 heteroatoms. The van der Waals surface area contributed by atoms with Crippen molar-refractivity contribution in [2.75, 3.05) is 5.32 Å². The van der Waals surface area contributed by atoms with Crippen molar-refractivity contribution < 1.29 is 18.4 Å². The van der Waals surface area contributed by atoms with E-state index in [1.165, 1.54) is 12.1 Å². The van der Waals surface area contributed by atoms with E-state index in [0.717, 1.165) is 6.07 Å². The molecule has 0 radical (unpaired) electrons. The lowest BCUT2D eigenvalue weighted by Crippen LogP contribution is -2.14. The Bertz CT molecular complexity index is 1240. The number of ketones is 1. The number of anilines is 1. The summed E-state index contributed by atoms with van der Waals surface area (Å²) in [6.45, 7) is 1.61. The maximum atomic E-state index is 14.0. The van der Waals surface area contributed by atoms with Gasteiger partial charge >= 0.3 is 0 Å². The Morgan fingerprint density at radius 1 is 0.966 bits per heavy atom. The summed E-state index contributed by atoms with van der Waals surface area (Å²) in [7, 11) is 0. The minimum atomic E-state index is -0.522. The molecule has 0 aliphatic heterocycles. The molecule has 3 aromatic carbocycles. The van der Waals surface area contributed by atoms with Gasteiger partial charge in [0, 0.05) is 21.5 Å². The Morgan fingerprint density at radius 2 is 1.66 bits per heavy atom. The van der Waals surface area contributed by atoms with Crippen LogP contribution < -0.4 is 5.32 Å². The zero-order valence-electron chi connectivity index (χ0n) is 15.3. The highest BCUT2D eigenvalue weighted by molar-refractivity contribution is 6.30. The summed E-state index contributed by atoms with van der Waals surface area (Å²) in [4.78, 5) is 25.7. The van der Waals surface area contributed by atoms with E-state index < -0.39 is 17.5 Å². The monoisotopic (exact) mass is 407 g/mol. The number of carbonyl (C=O) groups is 2. The fourth-order valence-electron chi connectivity index (χ4n) is 2.98. The van der Waals surface area contributed by atoms with Gasteiger partial charge in [0.05, 0.1) is 5.69 Å². The van der Waals surface area contributed by atoms with Crippen LogP contribution in [0, 0.1) is 12.7 Å². The van der Waals surface area contributed by atoms with Crippen LogP contribution in [0.3, 0.4) is 0 Å². The highest BCUT2D eigenvalue weighted by Gasteiger charge is 2.24. The van der Waals surface area contributed by atoms with Crippen LogP contribution in [0.5, 0.6) is 0 Å². The number of hydrogen-bond acceptors (Lipinski definition) is 3. The summed E-state index contributed by atoms with van der Waals surface area (Å²) in [5.41, 5.74) is 1.62. The SMILES string of the molecule is Cc1ccc(C(=O)c2oc3ccccc3c2NC(=O)c2ccc(Cl)cc2)cc1F. The Morgan fingerprint density at radius 3 is 2.38 bits per heavy atom. The minimum absolute atomic E-state index is 0.0585. The van der Waals surface area contributed by atoms with Gasteiger partial charge in [-0.3, -0.25) is 9.59 Å². The van der Waals surface area contributed by atoms with Crippen molar-refractivity contribution >= 4 is 39.9 Å². The van der Waals surface area contributed by atoms with E-state index in [2.05, 4.69) is 5.32 Å². The largest absolute Gasteiger partial charge is 0.450 e. The minimum Gasteiger partial charge on any atom is -0.450 e. The normalized spacial score (nSPS) is 10.9. The van der Waals surface area contributed by atoms with Gasteiger partial charge in [0.2, 0.25) is 5.78 Å². The zero-order valence-corrected chi connectivity index (χ0v) is 16.1. The summed E-state index contributed by atoms with van der Waals surface area (Å²) in [5.74, 6) is -1.49. The Labute approximate surface area is 170 Å². The van der Waals surface area contributed by atoms with E-state index in [1.54, 1.807) is 55.5 Å². The summed E-state index contributed by atoms with van der Waals surface area (Å²) in [5, 5.41) is 3.84. The number of para-hydroxylation sites is 1. The van der Waals surface area contributed by atoms with Crippen LogP contribution >= 0.6 is 11.6 Å². The number of amides is 1. The third-order valence-electron chi connectivity index (χ3n) is 4.58. The van der Waals surface area contributed by atoms with Gasteiger partial charge in [0.1, 0.15) is 11.4 Å². The highest BCUT2D eigenvalue weighted by atomic mass is 35.5. The van der Waals surface area contributed by atoms with Crippen molar-refractivity contribution in [3.8, 4) is 0 Å². The van der Waals surface area contributed by atoms with Crippen LogP contribution in [0.25, 0.3) is 11.0 Å². The van der Waals surface area contributed by atoms with E-state index in [9.17, 15) is 14.0 Å². The van der Waals surface area contributed by atoms with Crippen LogP contribution in [-0.2, 0) is 0 Å². The number of carbonyl (C=O) groups excluding carboxylic acids is 2. The second-order valence-electron chi connectivity index (χ2n) is 6.56. The van der Waals surface area contributed by atoms with Crippen molar-refractivity contribution in [1.29, 1.82) is 0 Å². The lowest BCUT2D eigenvalue weighted by atomic mass is 10.0. The predicted octanol–water partition coefficient (Wildman–Crippen LogP) is 6.02. The molecule has 0 saturated heterocycles. The predicted molar refractivity (Wildman–Crippen MR) is 110 cm³/mol. The molecule has 0 aliphatic rings. The third kappa shape index (κ3) is 3.65. The van der Waals surface area contributed by atoms with Crippen molar-refractivity contribution in [3.63, 3.8) is 0 Å². The van der Waals surface area contributed by atoms with Gasteiger partial charge in [-0.15, -0.1) is 0 Å². The number of rotatable bonds is 4. The summed E-state index contributed by atoms with van der Waals surface area (Å²) in [6, 6.07) is 17.5. The number of benzene rings is 3. The highest BCUT2D eigenvalue weighted by Crippen LogP contribution is 2.33. The molecule has 1 N–H and O–H groups in total. The first-order valence-electron chi connectivity index (χ1n) is 8.83. The molecule has 29 heavy (non-hydrogen) atoms. The van der Waals surface area contributed by atoms with Gasteiger partial charge in [-0.1, -0.05) is 35.9 Å². The standard InChI is InChI=1S/C23H15ClFNO3/c1-13-6-7-15(12-18(13)25)21(27)22-20(17-4-2-3-5-19(17)29-22)26-23(28)14-8-10-16(24)11-9-14/h2-12H,1H3,(H,26,28). The average Bonchev–Trinajstić information content (AvgIpc) is 3.08. The van der Waals surface area contributed by atoms with Gasteiger partial charge in [0.25, 0.3) is 5.91 Å². The van der Waals surface area contributed by atoms with Crippen LogP contribution in [0.2, 0.25) is 5.02 Å². The molecule has 0 spiro atoms. The number of halogens is 2. The molecule has 144 valence electrons. The van der Waals surface area contributed by atoms with Crippen molar-refractivity contribution in [2.24, 2.45) is 0 Å². The van der Waals surface area contributed by atoms with E-state index in [4.69, 9.17) is 16.0 Å². The Hall–Kier alpha value is -3.44. The first-order valence-corrected chi connectivity index (χ1v) is 9.21. The first kappa shape index (κ1) is 18.9. The molecular weight excluding hydrogens is 393 g/mol. The molecule has 0 atom stereocenters. The smallest absolute Gasteiger partial charge is 0.255 e. The molecule has 4 nitrogen and oxygen atoms in total. The van der Waals surface area contributed by atoms with Crippen molar-refractivity contribution in [1.82, 2.24) is 0 Å². The van der Waals surface area contributed by atoms with Gasteiger partial charge in [-0.25, -0.2) is 4.39 Å². The average molecular weight is 408 g/mol. The Kier molecular flexibility index (Phi) is 4.91. The topological polar surface area (TPSA) is 59.3 Å². The maximum absolute atomic E-state index is 14.0. The van der Waals surface area contributed by atoms with Crippen LogP contribution in [0.4, 0.5) is 10.1 Å². The molecule has 1 amide bonds. The molecule has 1 aromatic heterocycles. The number of hydrogen-bond donors (Lipinski definition) is 1. The molecule has 4 aromatic rings. The lowest BCUT2D eigenvalue weighted by molar-refractivity contribution is 0.101. The molecule has 0 saturated carbocycles. The quantitative estimate of drug-likeness (QED) is 0.421. The van der Waals surface area contributed by atoms with Gasteiger partial charge in [0.15, 0.2) is 5.76 Å². The second-order valence-corrected chi connectivity index (χ2v) is 6.99. The summed E-state index contributed by atoms with van der Waals surface area (Å²) < 4.78 is 19.7. The first-order chi connectivity index (χ1) is 13.9. The van der Waals surface area contributed by atoms with E-state index in [0.29, 0.717) is 27.1 Å². The number of aryl methyl sites for hydroxylation is 1. The molecule has 1 heterocycles. The fraction of sp³-hybridized carbons (Fsp3) is 0.0435. The van der Waals surface area contributed by atoms with Gasteiger partial charge in [-0.2, -0.15) is 0 Å². The molecule has 4 rings (SSSR count). The third-order valence-corrected chi connectivity index (χ3v) is 4.83. The van der Waals surface area contributed by atoms with Gasteiger partial charge < -0.3 is 9.73 Å². The van der Waals surface area contributed by atoms with Crippen LogP contribution in [0.15, 0.2) is 71.1 Å². The maximum Gasteiger partial charge on any atom is 0.255 e. The van der Waals surface area contributed by atoms with Crippen LogP contribution in [-0.4, -0.2) is 11.7 Å². The van der Waals surface area contributed by atoms with Gasteiger partial charge in [-0.05, 0) is 55.0 Å². The molecule has 0 fully saturated rings. The second kappa shape index (κ2) is 7.53. The molecule has 0 aliphatic carbocycles. The zero-order chi connectivity index (χ0) is 20.5. The number of nitrogens with one attached hydrogen (secondary N) is 1. The van der Waals surface area contributed by atoms with Crippen molar-refractivity contribution in [2.45, 2.75) is 6.92 Å². The number of fused-ring (bicyclic) bond motifs is 1. The molecule has 0 bridgehead atoms. The summed E-state index contributed by atoms with van der Waals surface area (Å²) >= 11 is 5.87.